The standard InChI is InChI=1S/C18H22N6OS/c1-3-13-11-26-17(21-13)15(10-19)16-4-7-20-18(23-16)22-14-5-8-24(9-6-14)12(2)25/h4,7,11,14-15H,3,5-6,8-9H2,1-2H3,(H,20,22,23). The van der Waals surface area contributed by atoms with Crippen molar-refractivity contribution in [3.8, 4) is 6.07 Å². The third-order valence-electron chi connectivity index (χ3n) is 4.55. The zero-order valence-corrected chi connectivity index (χ0v) is 15.8. The molecule has 0 aromatic carbocycles. The summed E-state index contributed by atoms with van der Waals surface area (Å²) in [5.74, 6) is 0.160. The van der Waals surface area contributed by atoms with Gasteiger partial charge in [0.1, 0.15) is 10.9 Å². The van der Waals surface area contributed by atoms with Crippen molar-refractivity contribution >= 4 is 23.2 Å². The van der Waals surface area contributed by atoms with Crippen molar-refractivity contribution in [1.82, 2.24) is 19.9 Å². The van der Waals surface area contributed by atoms with Gasteiger partial charge in [0.05, 0.1) is 17.5 Å². The minimum atomic E-state index is -0.483. The van der Waals surface area contributed by atoms with Gasteiger partial charge in [0.15, 0.2) is 0 Å². The molecule has 2 aromatic heterocycles. The van der Waals surface area contributed by atoms with Crippen LogP contribution in [0.2, 0.25) is 0 Å². The highest BCUT2D eigenvalue weighted by molar-refractivity contribution is 7.09. The molecule has 2 aromatic rings. The van der Waals surface area contributed by atoms with E-state index >= 15 is 0 Å². The van der Waals surface area contributed by atoms with E-state index in [2.05, 4.69) is 26.3 Å². The van der Waals surface area contributed by atoms with E-state index in [9.17, 15) is 10.1 Å². The molecule has 1 aliphatic heterocycles. The molecule has 0 saturated carbocycles. The van der Waals surface area contributed by atoms with Crippen molar-refractivity contribution in [3.63, 3.8) is 0 Å². The van der Waals surface area contributed by atoms with Crippen molar-refractivity contribution in [2.45, 2.75) is 45.1 Å². The van der Waals surface area contributed by atoms with Crippen LogP contribution in [0, 0.1) is 11.3 Å². The third-order valence-corrected chi connectivity index (χ3v) is 5.51. The van der Waals surface area contributed by atoms with Crippen LogP contribution in [0.3, 0.4) is 0 Å². The molecule has 3 heterocycles. The summed E-state index contributed by atoms with van der Waals surface area (Å²) in [6.07, 6.45) is 4.25. The van der Waals surface area contributed by atoms with Gasteiger partial charge in [-0.15, -0.1) is 11.3 Å². The van der Waals surface area contributed by atoms with Gasteiger partial charge in [-0.25, -0.2) is 15.0 Å². The second-order valence-corrected chi connectivity index (χ2v) is 7.21. The van der Waals surface area contributed by atoms with E-state index in [1.54, 1.807) is 19.2 Å². The first-order chi connectivity index (χ1) is 12.6. The Morgan fingerprint density at radius 3 is 2.85 bits per heavy atom. The molecule has 7 nitrogen and oxygen atoms in total. The molecule has 1 atom stereocenters. The van der Waals surface area contributed by atoms with Crippen molar-refractivity contribution in [3.05, 3.63) is 34.0 Å². The lowest BCUT2D eigenvalue weighted by Gasteiger charge is -2.31. The zero-order valence-electron chi connectivity index (χ0n) is 15.0. The number of aryl methyl sites for hydroxylation is 1. The van der Waals surface area contributed by atoms with Crippen LogP contribution in [0.4, 0.5) is 5.95 Å². The molecule has 1 fully saturated rings. The Morgan fingerprint density at radius 1 is 1.46 bits per heavy atom. The summed E-state index contributed by atoms with van der Waals surface area (Å²) in [6, 6.07) is 4.30. The van der Waals surface area contributed by atoms with Gasteiger partial charge >= 0.3 is 0 Å². The Morgan fingerprint density at radius 2 is 2.23 bits per heavy atom. The molecule has 0 radical (unpaired) electrons. The average Bonchev–Trinajstić information content (AvgIpc) is 3.12. The van der Waals surface area contributed by atoms with Crippen LogP contribution in [-0.2, 0) is 11.2 Å². The number of piperidine rings is 1. The summed E-state index contributed by atoms with van der Waals surface area (Å²) in [4.78, 5) is 26.6. The molecule has 0 aliphatic carbocycles. The van der Waals surface area contributed by atoms with Crippen LogP contribution in [0.15, 0.2) is 17.6 Å². The second kappa shape index (κ2) is 8.23. The maximum atomic E-state index is 11.4. The predicted molar refractivity (Wildman–Crippen MR) is 99.9 cm³/mol. The number of hydrogen-bond donors (Lipinski definition) is 1. The number of likely N-dealkylation sites (tertiary alicyclic amines) is 1. The number of nitrogens with zero attached hydrogens (tertiary/aromatic N) is 5. The van der Waals surface area contributed by atoms with E-state index in [1.165, 1.54) is 11.3 Å². The second-order valence-electron chi connectivity index (χ2n) is 6.32. The van der Waals surface area contributed by atoms with Gasteiger partial charge in [-0.2, -0.15) is 5.26 Å². The Bertz CT molecular complexity index is 806. The van der Waals surface area contributed by atoms with E-state index in [0.717, 1.165) is 43.1 Å². The SMILES string of the molecule is CCc1csc(C(C#N)c2ccnc(NC3CCN(C(C)=O)CC3)n2)n1. The molecule has 136 valence electrons. The van der Waals surface area contributed by atoms with Crippen LogP contribution in [0.25, 0.3) is 0 Å². The van der Waals surface area contributed by atoms with Crippen molar-refractivity contribution < 1.29 is 4.79 Å². The first kappa shape index (κ1) is 18.3. The molecule has 1 saturated heterocycles. The first-order valence-electron chi connectivity index (χ1n) is 8.79. The number of aromatic nitrogens is 3. The van der Waals surface area contributed by atoms with Crippen molar-refractivity contribution in [2.24, 2.45) is 0 Å². The molecule has 0 spiro atoms. The summed E-state index contributed by atoms with van der Waals surface area (Å²) in [5, 5.41) is 15.7. The fourth-order valence-corrected chi connectivity index (χ4v) is 3.95. The highest BCUT2D eigenvalue weighted by atomic mass is 32.1. The molecule has 1 N–H and O–H groups in total. The van der Waals surface area contributed by atoms with E-state index in [1.807, 2.05) is 17.2 Å². The molecule has 3 rings (SSSR count). The van der Waals surface area contributed by atoms with Crippen LogP contribution < -0.4 is 5.32 Å². The number of carbonyl (C=O) groups is 1. The average molecular weight is 370 g/mol. The van der Waals surface area contributed by atoms with Crippen LogP contribution in [0.1, 0.15) is 49.0 Å². The Hall–Kier alpha value is -2.53. The van der Waals surface area contributed by atoms with E-state index in [-0.39, 0.29) is 11.9 Å². The summed E-state index contributed by atoms with van der Waals surface area (Å²) in [6.45, 7) is 5.13. The summed E-state index contributed by atoms with van der Waals surface area (Å²) in [7, 11) is 0. The smallest absolute Gasteiger partial charge is 0.223 e. The Labute approximate surface area is 157 Å². The van der Waals surface area contributed by atoms with Gasteiger partial charge in [0.2, 0.25) is 11.9 Å². The molecule has 0 bridgehead atoms. The van der Waals surface area contributed by atoms with Crippen LogP contribution in [-0.4, -0.2) is 44.9 Å². The third kappa shape index (κ3) is 4.17. The molecule has 1 unspecified atom stereocenters. The number of carbonyl (C=O) groups excluding carboxylic acids is 1. The number of anilines is 1. The van der Waals surface area contributed by atoms with Crippen molar-refractivity contribution in [2.75, 3.05) is 18.4 Å². The van der Waals surface area contributed by atoms with Gasteiger partial charge in [-0.1, -0.05) is 6.92 Å². The van der Waals surface area contributed by atoms with E-state index in [4.69, 9.17) is 0 Å². The first-order valence-corrected chi connectivity index (χ1v) is 9.67. The largest absolute Gasteiger partial charge is 0.351 e. The Balaban J connectivity index is 1.70. The number of rotatable bonds is 5. The normalized spacial score (nSPS) is 16.1. The number of thiazole rings is 1. The fourth-order valence-electron chi connectivity index (χ4n) is 2.99. The molecule has 1 amide bonds. The minimum Gasteiger partial charge on any atom is -0.351 e. The summed E-state index contributed by atoms with van der Waals surface area (Å²) >= 11 is 1.49. The van der Waals surface area contributed by atoms with Gasteiger partial charge < -0.3 is 10.2 Å². The van der Waals surface area contributed by atoms with E-state index in [0.29, 0.717) is 11.6 Å². The van der Waals surface area contributed by atoms with Gasteiger partial charge in [0, 0.05) is 37.6 Å². The molecular formula is C18H22N6OS. The number of nitrogens with one attached hydrogen (secondary N) is 1. The summed E-state index contributed by atoms with van der Waals surface area (Å²) < 4.78 is 0. The number of hydrogen-bond acceptors (Lipinski definition) is 7. The van der Waals surface area contributed by atoms with Gasteiger partial charge in [-0.3, -0.25) is 4.79 Å². The lowest BCUT2D eigenvalue weighted by Crippen LogP contribution is -2.41. The molecule has 8 heteroatoms. The Kier molecular flexibility index (Phi) is 5.78. The summed E-state index contributed by atoms with van der Waals surface area (Å²) in [5.41, 5.74) is 1.65. The maximum Gasteiger partial charge on any atom is 0.223 e. The number of amides is 1. The zero-order chi connectivity index (χ0) is 18.5. The van der Waals surface area contributed by atoms with Crippen LogP contribution >= 0.6 is 11.3 Å². The topological polar surface area (TPSA) is 94.8 Å². The number of nitriles is 1. The van der Waals surface area contributed by atoms with Crippen LogP contribution in [0.5, 0.6) is 0 Å². The highest BCUT2D eigenvalue weighted by Gasteiger charge is 2.23. The quantitative estimate of drug-likeness (QED) is 0.869. The molecule has 1 aliphatic rings. The monoisotopic (exact) mass is 370 g/mol. The maximum absolute atomic E-state index is 11.4. The van der Waals surface area contributed by atoms with Gasteiger partial charge in [0.25, 0.3) is 0 Å². The van der Waals surface area contributed by atoms with E-state index < -0.39 is 5.92 Å². The van der Waals surface area contributed by atoms with Crippen molar-refractivity contribution in [1.29, 1.82) is 5.26 Å². The minimum absolute atomic E-state index is 0.119. The van der Waals surface area contributed by atoms with Gasteiger partial charge in [-0.05, 0) is 25.3 Å². The predicted octanol–water partition coefficient (Wildman–Crippen LogP) is 2.57. The molecular weight excluding hydrogens is 348 g/mol. The fraction of sp³-hybridized carbons (Fsp3) is 0.500. The lowest BCUT2D eigenvalue weighted by atomic mass is 10.1. The molecule has 26 heavy (non-hydrogen) atoms. The highest BCUT2D eigenvalue weighted by Crippen LogP contribution is 2.26. The lowest BCUT2D eigenvalue weighted by molar-refractivity contribution is -0.129.